The second-order valence-electron chi connectivity index (χ2n) is 12.4. The summed E-state index contributed by atoms with van der Waals surface area (Å²) in [7, 11) is 3.65. The summed E-state index contributed by atoms with van der Waals surface area (Å²) in [5, 5.41) is 11.3. The van der Waals surface area contributed by atoms with Crippen LogP contribution in [0.25, 0.3) is 22.3 Å². The zero-order valence-corrected chi connectivity index (χ0v) is 25.4. The Labute approximate surface area is 251 Å². The molecule has 0 unspecified atom stereocenters. The van der Waals surface area contributed by atoms with Crippen molar-refractivity contribution >= 4 is 28.6 Å². The van der Waals surface area contributed by atoms with E-state index in [0.29, 0.717) is 48.1 Å². The molecule has 3 atom stereocenters. The van der Waals surface area contributed by atoms with Gasteiger partial charge in [0, 0.05) is 63.3 Å². The highest BCUT2D eigenvalue weighted by molar-refractivity contribution is 6.05. The van der Waals surface area contributed by atoms with Crippen LogP contribution in [-0.4, -0.2) is 76.2 Å². The average Bonchev–Trinajstić information content (AvgIpc) is 3.66. The van der Waals surface area contributed by atoms with Crippen molar-refractivity contribution in [2.24, 2.45) is 18.9 Å². The van der Waals surface area contributed by atoms with Gasteiger partial charge in [0.25, 0.3) is 5.91 Å². The number of aryl methyl sites for hydroxylation is 3. The number of aromatic nitrogens is 5. The SMILES string of the molecule is COC[C@H]1CN(c2ccc3nc4n(c3c2)C[C@@H]2CC[C@H](COc3c(c(C)nn3C)-c3cc(cc(C)n3)C(=O)N4)C2)CCN1. The van der Waals surface area contributed by atoms with Crippen molar-refractivity contribution in [3.8, 4) is 17.1 Å². The van der Waals surface area contributed by atoms with Gasteiger partial charge in [0.15, 0.2) is 0 Å². The van der Waals surface area contributed by atoms with Gasteiger partial charge in [-0.15, -0.1) is 0 Å². The maximum absolute atomic E-state index is 13.8. The molecule has 1 saturated carbocycles. The minimum atomic E-state index is -0.212. The number of nitrogens with zero attached hydrogens (tertiary/aromatic N) is 6. The quantitative estimate of drug-likeness (QED) is 0.373. The summed E-state index contributed by atoms with van der Waals surface area (Å²) in [6.07, 6.45) is 3.26. The van der Waals surface area contributed by atoms with Crippen molar-refractivity contribution in [1.29, 1.82) is 0 Å². The van der Waals surface area contributed by atoms with Gasteiger partial charge in [-0.05, 0) is 75.3 Å². The summed E-state index contributed by atoms with van der Waals surface area (Å²) >= 11 is 0. The molecule has 2 fully saturated rings. The smallest absolute Gasteiger partial charge is 0.258 e. The first-order chi connectivity index (χ1) is 20.9. The molecule has 7 rings (SSSR count). The lowest BCUT2D eigenvalue weighted by atomic mass is 10.1. The normalized spacial score (nSPS) is 22.4. The predicted molar refractivity (Wildman–Crippen MR) is 166 cm³/mol. The molecular formula is C32H40N8O3. The highest BCUT2D eigenvalue weighted by Gasteiger charge is 2.30. The number of methoxy groups -OCH3 is 1. The fraction of sp³-hybridized carbons (Fsp3) is 0.500. The van der Waals surface area contributed by atoms with Gasteiger partial charge in [-0.1, -0.05) is 0 Å². The van der Waals surface area contributed by atoms with Gasteiger partial charge in [0.05, 0.1) is 41.2 Å². The van der Waals surface area contributed by atoms with E-state index in [0.717, 1.165) is 79.1 Å². The van der Waals surface area contributed by atoms with Crippen molar-refractivity contribution < 1.29 is 14.3 Å². The molecule has 11 heteroatoms. The lowest BCUT2D eigenvalue weighted by Gasteiger charge is -2.35. The largest absolute Gasteiger partial charge is 0.477 e. The molecule has 4 aromatic rings. The van der Waals surface area contributed by atoms with Crippen molar-refractivity contribution in [2.45, 2.75) is 45.7 Å². The Balaban J connectivity index is 1.29. The third kappa shape index (κ3) is 5.36. The van der Waals surface area contributed by atoms with Crippen molar-refractivity contribution in [3.05, 3.63) is 47.3 Å². The van der Waals surface area contributed by atoms with Crippen LogP contribution < -0.4 is 20.3 Å². The Morgan fingerprint density at radius 1 is 1.09 bits per heavy atom. The van der Waals surface area contributed by atoms with E-state index in [4.69, 9.17) is 19.4 Å². The van der Waals surface area contributed by atoms with Crippen LogP contribution in [0.2, 0.25) is 0 Å². The first kappa shape index (κ1) is 27.8. The molecule has 226 valence electrons. The van der Waals surface area contributed by atoms with Crippen LogP contribution in [0.4, 0.5) is 11.6 Å². The summed E-state index contributed by atoms with van der Waals surface area (Å²) in [4.78, 5) is 26.0. The van der Waals surface area contributed by atoms with E-state index in [2.05, 4.69) is 43.4 Å². The van der Waals surface area contributed by atoms with E-state index >= 15 is 0 Å². The summed E-state index contributed by atoms with van der Waals surface area (Å²) in [6, 6.07) is 10.4. The Morgan fingerprint density at radius 2 is 1.95 bits per heavy atom. The monoisotopic (exact) mass is 584 g/mol. The Hall–Kier alpha value is -3.96. The first-order valence-electron chi connectivity index (χ1n) is 15.3. The van der Waals surface area contributed by atoms with E-state index in [1.165, 1.54) is 0 Å². The molecule has 3 aromatic heterocycles. The van der Waals surface area contributed by atoms with Crippen LogP contribution in [0.5, 0.6) is 5.88 Å². The third-order valence-electron chi connectivity index (χ3n) is 9.13. The molecule has 5 heterocycles. The maximum atomic E-state index is 13.8. The highest BCUT2D eigenvalue weighted by atomic mass is 16.5. The van der Waals surface area contributed by atoms with Crippen LogP contribution in [0, 0.1) is 25.7 Å². The lowest BCUT2D eigenvalue weighted by molar-refractivity contribution is 0.102. The van der Waals surface area contributed by atoms with E-state index < -0.39 is 0 Å². The van der Waals surface area contributed by atoms with Gasteiger partial charge in [-0.2, -0.15) is 5.10 Å². The van der Waals surface area contributed by atoms with Gasteiger partial charge in [0.1, 0.15) is 0 Å². The molecule has 0 radical (unpaired) electrons. The topological polar surface area (TPSA) is 111 Å². The molecule has 1 aliphatic carbocycles. The molecule has 1 amide bonds. The predicted octanol–water partition coefficient (Wildman–Crippen LogP) is 3.93. The molecule has 2 aliphatic heterocycles. The van der Waals surface area contributed by atoms with E-state index in [1.54, 1.807) is 11.8 Å². The molecule has 4 bridgehead atoms. The van der Waals surface area contributed by atoms with Gasteiger partial charge >= 0.3 is 0 Å². The number of benzene rings is 1. The summed E-state index contributed by atoms with van der Waals surface area (Å²) in [6.45, 7) is 8.67. The van der Waals surface area contributed by atoms with Crippen LogP contribution in [0.1, 0.15) is 41.0 Å². The van der Waals surface area contributed by atoms with Gasteiger partial charge in [0.2, 0.25) is 11.8 Å². The molecule has 0 spiro atoms. The van der Waals surface area contributed by atoms with E-state index in [9.17, 15) is 4.79 Å². The van der Waals surface area contributed by atoms with Crippen LogP contribution >= 0.6 is 0 Å². The average molecular weight is 585 g/mol. The van der Waals surface area contributed by atoms with Crippen molar-refractivity contribution in [1.82, 2.24) is 29.6 Å². The molecule has 3 aliphatic rings. The van der Waals surface area contributed by atoms with Crippen LogP contribution in [0.15, 0.2) is 30.3 Å². The number of carbonyl (C=O) groups is 1. The van der Waals surface area contributed by atoms with Gasteiger partial charge in [-0.3, -0.25) is 15.1 Å². The molecular weight excluding hydrogens is 544 g/mol. The highest BCUT2D eigenvalue weighted by Crippen LogP contribution is 2.38. The second kappa shape index (κ2) is 11.3. The number of ether oxygens (including phenoxy) is 2. The molecule has 1 aromatic carbocycles. The number of nitrogens with one attached hydrogen (secondary N) is 2. The molecule has 43 heavy (non-hydrogen) atoms. The van der Waals surface area contributed by atoms with E-state index in [-0.39, 0.29) is 11.9 Å². The van der Waals surface area contributed by atoms with E-state index in [1.807, 2.05) is 33.0 Å². The fourth-order valence-corrected chi connectivity index (χ4v) is 7.11. The van der Waals surface area contributed by atoms with Crippen LogP contribution in [-0.2, 0) is 18.3 Å². The minimum Gasteiger partial charge on any atom is -0.477 e. The van der Waals surface area contributed by atoms with Crippen molar-refractivity contribution in [2.75, 3.05) is 50.2 Å². The fourth-order valence-electron chi connectivity index (χ4n) is 7.11. The lowest BCUT2D eigenvalue weighted by Crippen LogP contribution is -2.52. The maximum Gasteiger partial charge on any atom is 0.258 e. The third-order valence-corrected chi connectivity index (χ3v) is 9.13. The number of hydrogen-bond donors (Lipinski definition) is 2. The number of imidazole rings is 1. The standard InChI is InChI=1S/C32H40N8O3/c1-19-11-23-13-27(34-19)29-20(2)37-38(3)31(29)43-17-22-6-5-21(12-22)15-40-28-14-25(39-10-9-33-24(16-39)18-42-4)7-8-26(28)35-32(40)36-30(23)41/h7-8,11,13-14,21-22,24,33H,5-6,9-10,12,15-18H2,1-4H3,(H,35,36,41)/t21-,22+,24-/m1/s1. The Bertz CT molecular complexity index is 1670. The van der Waals surface area contributed by atoms with Gasteiger partial charge in [-0.25, -0.2) is 9.67 Å². The number of amides is 1. The zero-order chi connectivity index (χ0) is 29.7. The Morgan fingerprint density at radius 3 is 2.81 bits per heavy atom. The summed E-state index contributed by atoms with van der Waals surface area (Å²) < 4.78 is 15.9. The number of rotatable bonds is 3. The minimum absolute atomic E-state index is 0.212. The number of hydrogen-bond acceptors (Lipinski definition) is 8. The number of fused-ring (bicyclic) bond motifs is 9. The number of piperazine rings is 1. The summed E-state index contributed by atoms with van der Waals surface area (Å²) in [5.74, 6) is 1.97. The number of anilines is 2. The first-order valence-corrected chi connectivity index (χ1v) is 15.3. The Kier molecular flexibility index (Phi) is 7.30. The van der Waals surface area contributed by atoms with Gasteiger partial charge < -0.3 is 24.3 Å². The number of pyridine rings is 1. The van der Waals surface area contributed by atoms with Crippen molar-refractivity contribution in [3.63, 3.8) is 0 Å². The summed E-state index contributed by atoms with van der Waals surface area (Å²) in [5.41, 5.74) is 6.71. The molecule has 2 N–H and O–H groups in total. The van der Waals surface area contributed by atoms with Crippen LogP contribution in [0.3, 0.4) is 0 Å². The molecule has 1 saturated heterocycles. The molecule has 11 nitrogen and oxygen atoms in total. The second-order valence-corrected chi connectivity index (χ2v) is 12.4. The number of carbonyl (C=O) groups excluding carboxylic acids is 1. The zero-order valence-electron chi connectivity index (χ0n) is 25.4.